The van der Waals surface area contributed by atoms with Crippen LogP contribution < -0.4 is 5.32 Å². The van der Waals surface area contributed by atoms with Crippen LogP contribution in [0.25, 0.3) is 6.08 Å². The Kier molecular flexibility index (Phi) is 5.05. The summed E-state index contributed by atoms with van der Waals surface area (Å²) in [4.78, 5) is 11.7. The minimum absolute atomic E-state index is 0.00728. The predicted octanol–water partition coefficient (Wildman–Crippen LogP) is 3.06. The molecule has 116 valence electrons. The number of halogens is 2. The molecule has 0 bridgehead atoms. The summed E-state index contributed by atoms with van der Waals surface area (Å²) in [5.41, 5.74) is -0.781. The first-order valence-corrected chi connectivity index (χ1v) is 7.49. The van der Waals surface area contributed by atoms with Crippen molar-refractivity contribution < 1.29 is 18.7 Å². The second kappa shape index (κ2) is 6.81. The number of benzene rings is 1. The van der Waals surface area contributed by atoms with Gasteiger partial charge in [0, 0.05) is 11.6 Å². The summed E-state index contributed by atoms with van der Waals surface area (Å²) >= 11 is 1.44. The van der Waals surface area contributed by atoms with Crippen LogP contribution in [0.4, 0.5) is 8.78 Å². The van der Waals surface area contributed by atoms with E-state index < -0.39 is 23.1 Å². The molecule has 0 radical (unpaired) electrons. The summed E-state index contributed by atoms with van der Waals surface area (Å²) in [5, 5.41) is 16.4. The summed E-state index contributed by atoms with van der Waals surface area (Å²) in [6, 6.07) is 5.24. The Bertz CT molecular complexity index is 661. The van der Waals surface area contributed by atoms with Crippen LogP contribution in [0.2, 0.25) is 0 Å². The molecule has 0 saturated heterocycles. The second-order valence-electron chi connectivity index (χ2n) is 4.97. The Balaban J connectivity index is 1.97. The van der Waals surface area contributed by atoms with Crippen molar-refractivity contribution in [3.05, 3.63) is 63.9 Å². The highest BCUT2D eigenvalue weighted by Crippen LogP contribution is 2.22. The third kappa shape index (κ3) is 3.99. The second-order valence-corrected chi connectivity index (χ2v) is 5.75. The van der Waals surface area contributed by atoms with E-state index in [9.17, 15) is 18.7 Å². The van der Waals surface area contributed by atoms with Gasteiger partial charge in [0.25, 0.3) is 0 Å². The number of nitrogens with one attached hydrogen (secondary N) is 1. The zero-order chi connectivity index (χ0) is 16.2. The summed E-state index contributed by atoms with van der Waals surface area (Å²) in [5.74, 6) is -2.03. The van der Waals surface area contributed by atoms with E-state index in [1.165, 1.54) is 17.4 Å². The van der Waals surface area contributed by atoms with E-state index in [1.54, 1.807) is 18.4 Å². The standard InChI is InChI=1S/C16H15F2NO2S/c1-16(21,11-7-8-22-9-11)10-19-15(20)6-5-12-13(17)3-2-4-14(12)18/h2-9,21H,10H2,1H3,(H,19,20). The lowest BCUT2D eigenvalue weighted by atomic mass is 9.99. The summed E-state index contributed by atoms with van der Waals surface area (Å²) < 4.78 is 26.8. The molecule has 2 rings (SSSR count). The van der Waals surface area contributed by atoms with E-state index >= 15 is 0 Å². The average molecular weight is 323 g/mol. The Morgan fingerprint density at radius 1 is 1.36 bits per heavy atom. The lowest BCUT2D eigenvalue weighted by Crippen LogP contribution is -2.37. The molecule has 1 aromatic carbocycles. The molecule has 0 spiro atoms. The number of carbonyl (C=O) groups is 1. The molecule has 1 atom stereocenters. The average Bonchev–Trinajstić information content (AvgIpc) is 3.00. The van der Waals surface area contributed by atoms with E-state index in [4.69, 9.17) is 0 Å². The maximum Gasteiger partial charge on any atom is 0.244 e. The predicted molar refractivity (Wildman–Crippen MR) is 82.3 cm³/mol. The molecule has 22 heavy (non-hydrogen) atoms. The van der Waals surface area contributed by atoms with Gasteiger partial charge in [-0.15, -0.1) is 0 Å². The fraction of sp³-hybridized carbons (Fsp3) is 0.188. The van der Waals surface area contributed by atoms with Crippen LogP contribution in [0.15, 0.2) is 41.1 Å². The van der Waals surface area contributed by atoms with Gasteiger partial charge >= 0.3 is 0 Å². The minimum atomic E-state index is -1.20. The third-order valence-electron chi connectivity index (χ3n) is 3.15. The number of amides is 1. The topological polar surface area (TPSA) is 49.3 Å². The lowest BCUT2D eigenvalue weighted by molar-refractivity contribution is -0.117. The van der Waals surface area contributed by atoms with Gasteiger partial charge < -0.3 is 10.4 Å². The highest BCUT2D eigenvalue weighted by molar-refractivity contribution is 7.08. The molecule has 1 amide bonds. The van der Waals surface area contributed by atoms with Gasteiger partial charge in [0.15, 0.2) is 0 Å². The molecule has 0 aliphatic carbocycles. The van der Waals surface area contributed by atoms with Crippen LogP contribution >= 0.6 is 11.3 Å². The SMILES string of the molecule is CC(O)(CNC(=O)C=Cc1c(F)cccc1F)c1ccsc1. The largest absolute Gasteiger partial charge is 0.384 e. The summed E-state index contributed by atoms with van der Waals surface area (Å²) in [7, 11) is 0. The molecule has 3 nitrogen and oxygen atoms in total. The first-order chi connectivity index (χ1) is 10.4. The Morgan fingerprint density at radius 3 is 2.64 bits per heavy atom. The molecule has 0 saturated carbocycles. The van der Waals surface area contributed by atoms with Gasteiger partial charge in [-0.05, 0) is 47.5 Å². The molecule has 1 unspecified atom stereocenters. The van der Waals surface area contributed by atoms with E-state index in [0.29, 0.717) is 5.56 Å². The van der Waals surface area contributed by atoms with Crippen molar-refractivity contribution >= 4 is 23.3 Å². The maximum atomic E-state index is 13.4. The van der Waals surface area contributed by atoms with Crippen molar-refractivity contribution in [1.29, 1.82) is 0 Å². The first kappa shape index (κ1) is 16.3. The van der Waals surface area contributed by atoms with Crippen LogP contribution in [0.1, 0.15) is 18.1 Å². The minimum Gasteiger partial charge on any atom is -0.384 e. The van der Waals surface area contributed by atoms with E-state index in [0.717, 1.165) is 24.3 Å². The molecule has 1 aromatic heterocycles. The molecule has 2 N–H and O–H groups in total. The number of rotatable bonds is 5. The number of hydrogen-bond acceptors (Lipinski definition) is 3. The van der Waals surface area contributed by atoms with Gasteiger partial charge in [-0.2, -0.15) is 11.3 Å². The summed E-state index contributed by atoms with van der Waals surface area (Å²) in [6.07, 6.45) is 2.10. The van der Waals surface area contributed by atoms with Gasteiger partial charge in [-0.25, -0.2) is 8.78 Å². The van der Waals surface area contributed by atoms with Gasteiger partial charge in [0.05, 0.1) is 6.54 Å². The van der Waals surface area contributed by atoms with E-state index in [2.05, 4.69) is 5.32 Å². The fourth-order valence-electron chi connectivity index (χ4n) is 1.82. The van der Waals surface area contributed by atoms with Crippen molar-refractivity contribution in [2.75, 3.05) is 6.54 Å². The van der Waals surface area contributed by atoms with Gasteiger partial charge in [-0.1, -0.05) is 6.07 Å². The van der Waals surface area contributed by atoms with Crippen LogP contribution in [0, 0.1) is 11.6 Å². The van der Waals surface area contributed by atoms with Gasteiger partial charge in [-0.3, -0.25) is 4.79 Å². The molecule has 0 fully saturated rings. The monoisotopic (exact) mass is 323 g/mol. The molecule has 2 aromatic rings. The third-order valence-corrected chi connectivity index (χ3v) is 3.83. The number of carbonyl (C=O) groups excluding carboxylic acids is 1. The zero-order valence-electron chi connectivity index (χ0n) is 11.8. The Hall–Kier alpha value is -2.05. The van der Waals surface area contributed by atoms with Crippen molar-refractivity contribution in [3.63, 3.8) is 0 Å². The molecular weight excluding hydrogens is 308 g/mol. The number of aliphatic hydroxyl groups is 1. The van der Waals surface area contributed by atoms with Crippen LogP contribution in [-0.2, 0) is 10.4 Å². The van der Waals surface area contributed by atoms with Gasteiger partial charge in [0.1, 0.15) is 17.2 Å². The van der Waals surface area contributed by atoms with E-state index in [-0.39, 0.29) is 12.1 Å². The van der Waals surface area contributed by atoms with Crippen molar-refractivity contribution in [3.8, 4) is 0 Å². The van der Waals surface area contributed by atoms with Gasteiger partial charge in [0.2, 0.25) is 5.91 Å². The molecule has 0 aliphatic heterocycles. The summed E-state index contributed by atoms with van der Waals surface area (Å²) in [6.45, 7) is 1.57. The van der Waals surface area contributed by atoms with Crippen molar-refractivity contribution in [1.82, 2.24) is 5.32 Å². The van der Waals surface area contributed by atoms with Crippen LogP contribution in [0.3, 0.4) is 0 Å². The highest BCUT2D eigenvalue weighted by Gasteiger charge is 2.23. The smallest absolute Gasteiger partial charge is 0.244 e. The van der Waals surface area contributed by atoms with Crippen LogP contribution in [-0.4, -0.2) is 17.6 Å². The lowest BCUT2D eigenvalue weighted by Gasteiger charge is -2.22. The number of thiophene rings is 1. The number of hydrogen-bond donors (Lipinski definition) is 2. The van der Waals surface area contributed by atoms with Crippen LogP contribution in [0.5, 0.6) is 0 Å². The molecule has 6 heteroatoms. The maximum absolute atomic E-state index is 13.4. The fourth-order valence-corrected chi connectivity index (χ4v) is 2.60. The van der Waals surface area contributed by atoms with Crippen molar-refractivity contribution in [2.24, 2.45) is 0 Å². The first-order valence-electron chi connectivity index (χ1n) is 6.55. The normalized spacial score (nSPS) is 14.0. The quantitative estimate of drug-likeness (QED) is 0.831. The Labute approximate surface area is 130 Å². The molecule has 1 heterocycles. The van der Waals surface area contributed by atoms with Crippen molar-refractivity contribution in [2.45, 2.75) is 12.5 Å². The van der Waals surface area contributed by atoms with E-state index in [1.807, 2.05) is 5.38 Å². The Morgan fingerprint density at radius 2 is 2.05 bits per heavy atom. The molecular formula is C16H15F2NO2S. The highest BCUT2D eigenvalue weighted by atomic mass is 32.1. The zero-order valence-corrected chi connectivity index (χ0v) is 12.7. The molecule has 0 aliphatic rings.